The van der Waals surface area contributed by atoms with Crippen molar-refractivity contribution in [3.63, 3.8) is 0 Å². The minimum absolute atomic E-state index is 0.0786. The van der Waals surface area contributed by atoms with Gasteiger partial charge in [-0.3, -0.25) is 9.59 Å². The van der Waals surface area contributed by atoms with Crippen LogP contribution in [0, 0.1) is 0 Å². The molecule has 1 aliphatic heterocycles. The SMILES string of the molecule is O=C1CN(S(=O)(=O)c2cc(Cl)sc2Cl)C(C(=O)O)CN1. The largest absolute Gasteiger partial charge is 0.480 e. The summed E-state index contributed by atoms with van der Waals surface area (Å²) in [5, 5.41) is 11.4. The average Bonchev–Trinajstić information content (AvgIpc) is 2.68. The topological polar surface area (TPSA) is 104 Å². The molecule has 0 bridgehead atoms. The maximum atomic E-state index is 12.4. The van der Waals surface area contributed by atoms with E-state index in [9.17, 15) is 18.0 Å². The van der Waals surface area contributed by atoms with Gasteiger partial charge in [0, 0.05) is 6.54 Å². The lowest BCUT2D eigenvalue weighted by molar-refractivity contribution is -0.143. The summed E-state index contributed by atoms with van der Waals surface area (Å²) in [4.78, 5) is 22.2. The normalized spacial score (nSPS) is 20.7. The van der Waals surface area contributed by atoms with Gasteiger partial charge in [-0.25, -0.2) is 8.42 Å². The molecule has 1 fully saturated rings. The fraction of sp³-hybridized carbons (Fsp3) is 0.333. The second-order valence-electron chi connectivity index (χ2n) is 3.90. The van der Waals surface area contributed by atoms with E-state index in [0.29, 0.717) is 4.31 Å². The van der Waals surface area contributed by atoms with Crippen LogP contribution in [0.3, 0.4) is 0 Å². The van der Waals surface area contributed by atoms with Crippen LogP contribution in [0.1, 0.15) is 0 Å². The molecular formula is C9H8Cl2N2O5S2. The minimum Gasteiger partial charge on any atom is -0.480 e. The van der Waals surface area contributed by atoms with E-state index in [2.05, 4.69) is 5.32 Å². The predicted molar refractivity (Wildman–Crippen MR) is 72.7 cm³/mol. The van der Waals surface area contributed by atoms with E-state index in [1.807, 2.05) is 0 Å². The first-order valence-electron chi connectivity index (χ1n) is 5.19. The van der Waals surface area contributed by atoms with Gasteiger partial charge in [-0.05, 0) is 6.07 Å². The number of halogens is 2. The lowest BCUT2D eigenvalue weighted by atomic mass is 10.2. The first kappa shape index (κ1) is 15.5. The minimum atomic E-state index is -4.21. The lowest BCUT2D eigenvalue weighted by Crippen LogP contribution is -2.59. The monoisotopic (exact) mass is 358 g/mol. The molecule has 1 aromatic rings. The van der Waals surface area contributed by atoms with E-state index < -0.39 is 34.5 Å². The zero-order chi connectivity index (χ0) is 15.1. The zero-order valence-electron chi connectivity index (χ0n) is 9.67. The van der Waals surface area contributed by atoms with Crippen molar-refractivity contribution in [1.82, 2.24) is 9.62 Å². The smallest absolute Gasteiger partial charge is 0.323 e. The van der Waals surface area contributed by atoms with E-state index in [-0.39, 0.29) is 20.1 Å². The van der Waals surface area contributed by atoms with Crippen molar-refractivity contribution in [1.29, 1.82) is 0 Å². The van der Waals surface area contributed by atoms with Gasteiger partial charge in [0.15, 0.2) is 0 Å². The number of hydrogen-bond acceptors (Lipinski definition) is 5. The Morgan fingerprint density at radius 1 is 1.50 bits per heavy atom. The van der Waals surface area contributed by atoms with Gasteiger partial charge < -0.3 is 10.4 Å². The fourth-order valence-electron chi connectivity index (χ4n) is 1.71. The Hall–Kier alpha value is -0.870. The number of carboxylic acid groups (broad SMARTS) is 1. The quantitative estimate of drug-likeness (QED) is 0.824. The summed E-state index contributed by atoms with van der Waals surface area (Å²) < 4.78 is 25.5. The highest BCUT2D eigenvalue weighted by Gasteiger charge is 2.41. The number of aliphatic carboxylic acids is 1. The summed E-state index contributed by atoms with van der Waals surface area (Å²) in [6.07, 6.45) is 0. The van der Waals surface area contributed by atoms with Crippen LogP contribution in [0.2, 0.25) is 8.67 Å². The maximum absolute atomic E-state index is 12.4. The molecule has 2 N–H and O–H groups in total. The van der Waals surface area contributed by atoms with Crippen molar-refractivity contribution in [3.05, 3.63) is 14.7 Å². The van der Waals surface area contributed by atoms with Gasteiger partial charge in [0.2, 0.25) is 15.9 Å². The summed E-state index contributed by atoms with van der Waals surface area (Å²) in [6.45, 7) is -0.883. The highest BCUT2D eigenvalue weighted by Crippen LogP contribution is 2.36. The Balaban J connectivity index is 2.47. The number of amides is 1. The molecule has 20 heavy (non-hydrogen) atoms. The molecule has 1 unspecified atom stereocenters. The molecule has 0 aliphatic carbocycles. The Kier molecular flexibility index (Phi) is 4.26. The summed E-state index contributed by atoms with van der Waals surface area (Å²) in [5.41, 5.74) is 0. The molecule has 1 saturated heterocycles. The lowest BCUT2D eigenvalue weighted by Gasteiger charge is -2.31. The highest BCUT2D eigenvalue weighted by molar-refractivity contribution is 7.89. The molecule has 11 heteroatoms. The number of carbonyl (C=O) groups excluding carboxylic acids is 1. The van der Waals surface area contributed by atoms with Crippen LogP contribution in [0.15, 0.2) is 11.0 Å². The van der Waals surface area contributed by atoms with Crippen LogP contribution >= 0.6 is 34.5 Å². The van der Waals surface area contributed by atoms with E-state index in [1.54, 1.807) is 0 Å². The van der Waals surface area contributed by atoms with Crippen molar-refractivity contribution in [2.24, 2.45) is 0 Å². The Bertz CT molecular complexity index is 672. The Labute approximate surface area is 128 Å². The number of carbonyl (C=O) groups is 2. The third kappa shape index (κ3) is 2.77. The van der Waals surface area contributed by atoms with Crippen LogP contribution in [-0.2, 0) is 19.6 Å². The van der Waals surface area contributed by atoms with Crippen LogP contribution in [0.5, 0.6) is 0 Å². The molecule has 2 heterocycles. The van der Waals surface area contributed by atoms with Gasteiger partial charge in [0.05, 0.1) is 10.9 Å². The number of sulfonamides is 1. The maximum Gasteiger partial charge on any atom is 0.323 e. The van der Waals surface area contributed by atoms with Gasteiger partial charge in [0.1, 0.15) is 15.3 Å². The highest BCUT2D eigenvalue weighted by atomic mass is 35.5. The summed E-state index contributed by atoms with van der Waals surface area (Å²) in [5.74, 6) is -1.94. The van der Waals surface area contributed by atoms with E-state index in [1.165, 1.54) is 0 Å². The van der Waals surface area contributed by atoms with E-state index in [0.717, 1.165) is 17.4 Å². The van der Waals surface area contributed by atoms with Gasteiger partial charge in [-0.1, -0.05) is 23.2 Å². The van der Waals surface area contributed by atoms with E-state index in [4.69, 9.17) is 28.3 Å². The molecule has 0 aromatic carbocycles. The van der Waals surface area contributed by atoms with Crippen LogP contribution in [0.25, 0.3) is 0 Å². The van der Waals surface area contributed by atoms with Gasteiger partial charge >= 0.3 is 5.97 Å². The van der Waals surface area contributed by atoms with Crippen LogP contribution < -0.4 is 5.32 Å². The van der Waals surface area contributed by atoms with Crippen molar-refractivity contribution in [2.75, 3.05) is 13.1 Å². The van der Waals surface area contributed by atoms with Gasteiger partial charge in [0.25, 0.3) is 0 Å². The Morgan fingerprint density at radius 3 is 2.65 bits per heavy atom. The second kappa shape index (κ2) is 5.49. The fourth-order valence-corrected chi connectivity index (χ4v) is 5.36. The number of nitrogens with one attached hydrogen (secondary N) is 1. The Morgan fingerprint density at radius 2 is 2.15 bits per heavy atom. The van der Waals surface area contributed by atoms with Crippen molar-refractivity contribution >= 4 is 56.4 Å². The summed E-state index contributed by atoms with van der Waals surface area (Å²) in [6, 6.07) is -0.248. The number of carboxylic acids is 1. The van der Waals surface area contributed by atoms with E-state index >= 15 is 0 Å². The molecule has 2 rings (SSSR count). The molecule has 1 amide bonds. The van der Waals surface area contributed by atoms with Crippen molar-refractivity contribution in [3.8, 4) is 0 Å². The molecule has 1 atom stereocenters. The molecular weight excluding hydrogens is 351 g/mol. The molecule has 110 valence electrons. The molecule has 0 saturated carbocycles. The molecule has 1 aromatic heterocycles. The first-order chi connectivity index (χ1) is 9.23. The van der Waals surface area contributed by atoms with Crippen LogP contribution in [-0.4, -0.2) is 48.8 Å². The van der Waals surface area contributed by atoms with Crippen molar-refractivity contribution < 1.29 is 23.1 Å². The molecule has 7 nitrogen and oxygen atoms in total. The second-order valence-corrected chi connectivity index (χ2v) is 8.04. The predicted octanol–water partition coefficient (Wildman–Crippen LogP) is 0.629. The first-order valence-corrected chi connectivity index (χ1v) is 8.21. The molecule has 1 aliphatic rings. The van der Waals surface area contributed by atoms with Crippen molar-refractivity contribution in [2.45, 2.75) is 10.9 Å². The third-order valence-corrected chi connectivity index (χ3v) is 6.24. The number of thiophene rings is 1. The number of piperazine rings is 1. The summed E-state index contributed by atoms with van der Waals surface area (Å²) >= 11 is 12.3. The van der Waals surface area contributed by atoms with Gasteiger partial charge in [-0.2, -0.15) is 4.31 Å². The molecule has 0 spiro atoms. The van der Waals surface area contributed by atoms with Crippen LogP contribution in [0.4, 0.5) is 0 Å². The molecule has 0 radical (unpaired) electrons. The summed E-state index contributed by atoms with van der Waals surface area (Å²) in [7, 11) is -4.21. The standard InChI is InChI=1S/C9H8Cl2N2O5S2/c10-6-1-5(8(11)19-6)20(17,18)13-3-7(14)12-2-4(13)9(15)16/h1,4H,2-3H2,(H,12,14)(H,15,16). The zero-order valence-corrected chi connectivity index (χ0v) is 12.8. The number of hydrogen-bond donors (Lipinski definition) is 2. The average molecular weight is 359 g/mol. The third-order valence-electron chi connectivity index (χ3n) is 2.64. The number of nitrogens with zero attached hydrogens (tertiary/aromatic N) is 1. The number of rotatable bonds is 3. The van der Waals surface area contributed by atoms with Gasteiger partial charge in [-0.15, -0.1) is 11.3 Å².